The summed E-state index contributed by atoms with van der Waals surface area (Å²) in [5.41, 5.74) is 2.62. The second kappa shape index (κ2) is 8.33. The quantitative estimate of drug-likeness (QED) is 0.874. The van der Waals surface area contributed by atoms with E-state index in [1.54, 1.807) is 0 Å². The lowest BCUT2D eigenvalue weighted by Crippen LogP contribution is -2.44. The highest BCUT2D eigenvalue weighted by molar-refractivity contribution is 5.78. The van der Waals surface area contributed by atoms with Crippen molar-refractivity contribution in [1.82, 2.24) is 10.2 Å². The molecule has 1 aliphatic rings. The largest absolute Gasteiger partial charge is 0.352 e. The van der Waals surface area contributed by atoms with E-state index < -0.39 is 0 Å². The number of likely N-dealkylation sites (N-methyl/N-ethyl adjacent to an activating group) is 1. The predicted octanol–water partition coefficient (Wildman–Crippen LogP) is 3.38. The van der Waals surface area contributed by atoms with E-state index >= 15 is 0 Å². The Bertz CT molecular complexity index is 469. The molecule has 1 aromatic rings. The Hall–Kier alpha value is -1.35. The van der Waals surface area contributed by atoms with E-state index in [2.05, 4.69) is 48.3 Å². The third kappa shape index (κ3) is 5.13. The fraction of sp³-hybridized carbons (Fsp3) is 0.632. The molecule has 0 bridgehead atoms. The van der Waals surface area contributed by atoms with Crippen LogP contribution in [-0.2, 0) is 17.8 Å². The van der Waals surface area contributed by atoms with Gasteiger partial charge in [-0.1, -0.05) is 51.0 Å². The molecule has 1 amide bonds. The average molecular weight is 302 g/mol. The highest BCUT2D eigenvalue weighted by Gasteiger charge is 2.22. The van der Waals surface area contributed by atoms with Gasteiger partial charge in [0.05, 0.1) is 6.54 Å². The van der Waals surface area contributed by atoms with Crippen LogP contribution in [0, 0.1) is 5.92 Å². The van der Waals surface area contributed by atoms with Crippen molar-refractivity contribution in [1.29, 1.82) is 0 Å². The first-order chi connectivity index (χ1) is 10.6. The summed E-state index contributed by atoms with van der Waals surface area (Å²) in [6.07, 6.45) is 5.99. The van der Waals surface area contributed by atoms with Crippen LogP contribution in [0.1, 0.15) is 50.7 Å². The van der Waals surface area contributed by atoms with Gasteiger partial charge in [0.25, 0.3) is 0 Å². The zero-order valence-electron chi connectivity index (χ0n) is 14.3. The maximum atomic E-state index is 12.2. The van der Waals surface area contributed by atoms with Gasteiger partial charge in [0, 0.05) is 12.6 Å². The summed E-state index contributed by atoms with van der Waals surface area (Å²) in [4.78, 5) is 14.3. The van der Waals surface area contributed by atoms with Crippen molar-refractivity contribution in [2.24, 2.45) is 5.92 Å². The Morgan fingerprint density at radius 1 is 1.18 bits per heavy atom. The molecule has 1 N–H and O–H groups in total. The number of rotatable bonds is 6. The number of benzene rings is 1. The molecule has 22 heavy (non-hydrogen) atoms. The number of carbonyl (C=O) groups is 1. The number of hydrogen-bond donors (Lipinski definition) is 1. The monoisotopic (exact) mass is 302 g/mol. The molecular formula is C19H30N2O. The zero-order valence-corrected chi connectivity index (χ0v) is 14.3. The van der Waals surface area contributed by atoms with E-state index in [9.17, 15) is 4.79 Å². The highest BCUT2D eigenvalue weighted by Crippen LogP contribution is 2.23. The number of nitrogens with one attached hydrogen (secondary N) is 1. The van der Waals surface area contributed by atoms with Crippen LogP contribution in [0.5, 0.6) is 0 Å². The summed E-state index contributed by atoms with van der Waals surface area (Å²) in [5, 5.41) is 3.22. The van der Waals surface area contributed by atoms with Gasteiger partial charge < -0.3 is 5.32 Å². The summed E-state index contributed by atoms with van der Waals surface area (Å²) in [7, 11) is 2.01. The molecule has 1 aliphatic carbocycles. The molecule has 2 atom stereocenters. The molecule has 0 aliphatic heterocycles. The van der Waals surface area contributed by atoms with Crippen LogP contribution in [0.3, 0.4) is 0 Å². The molecule has 0 heterocycles. The van der Waals surface area contributed by atoms with Gasteiger partial charge in [-0.05, 0) is 43.4 Å². The van der Waals surface area contributed by atoms with E-state index in [1.807, 2.05) is 7.05 Å². The van der Waals surface area contributed by atoms with Crippen molar-refractivity contribution in [2.45, 2.75) is 58.5 Å². The third-order valence-corrected chi connectivity index (χ3v) is 4.76. The highest BCUT2D eigenvalue weighted by atomic mass is 16.2. The summed E-state index contributed by atoms with van der Waals surface area (Å²) in [5.74, 6) is 0.774. The van der Waals surface area contributed by atoms with Gasteiger partial charge in [0.15, 0.2) is 0 Å². The van der Waals surface area contributed by atoms with Crippen LogP contribution in [-0.4, -0.2) is 30.4 Å². The fourth-order valence-corrected chi connectivity index (χ4v) is 3.28. The van der Waals surface area contributed by atoms with Crippen molar-refractivity contribution in [3.8, 4) is 0 Å². The van der Waals surface area contributed by atoms with Gasteiger partial charge in [-0.3, -0.25) is 9.69 Å². The normalized spacial score (nSPS) is 21.8. The van der Waals surface area contributed by atoms with Crippen LogP contribution in [0.2, 0.25) is 0 Å². The number of amides is 1. The van der Waals surface area contributed by atoms with Crippen LogP contribution in [0.15, 0.2) is 24.3 Å². The SMILES string of the molecule is CCc1ccc(CN(C)CC(=O)N[C@H]2CCCC[C@@H]2C)cc1. The molecule has 1 saturated carbocycles. The van der Waals surface area contributed by atoms with Gasteiger partial charge in [0.1, 0.15) is 0 Å². The number of carbonyl (C=O) groups excluding carboxylic acids is 1. The molecule has 0 spiro atoms. The number of aryl methyl sites for hydroxylation is 1. The van der Waals surface area contributed by atoms with Gasteiger partial charge in [-0.15, -0.1) is 0 Å². The van der Waals surface area contributed by atoms with Gasteiger partial charge in [-0.25, -0.2) is 0 Å². The van der Waals surface area contributed by atoms with E-state index in [-0.39, 0.29) is 5.91 Å². The van der Waals surface area contributed by atoms with Gasteiger partial charge in [-0.2, -0.15) is 0 Å². The lowest BCUT2D eigenvalue weighted by Gasteiger charge is -2.30. The Balaban J connectivity index is 1.77. The molecule has 1 fully saturated rings. The lowest BCUT2D eigenvalue weighted by molar-refractivity contribution is -0.123. The second-order valence-electron chi connectivity index (χ2n) is 6.78. The summed E-state index contributed by atoms with van der Waals surface area (Å²) in [6, 6.07) is 9.05. The first kappa shape index (κ1) is 17.0. The molecule has 0 saturated heterocycles. The number of hydrogen-bond acceptors (Lipinski definition) is 2. The molecule has 3 heteroatoms. The van der Waals surface area contributed by atoms with Crippen LogP contribution in [0.4, 0.5) is 0 Å². The first-order valence-corrected chi connectivity index (χ1v) is 8.64. The minimum absolute atomic E-state index is 0.159. The summed E-state index contributed by atoms with van der Waals surface area (Å²) >= 11 is 0. The Labute approximate surface area is 135 Å². The van der Waals surface area contributed by atoms with Crippen molar-refractivity contribution in [2.75, 3.05) is 13.6 Å². The van der Waals surface area contributed by atoms with Crippen molar-refractivity contribution >= 4 is 5.91 Å². The molecule has 1 aromatic carbocycles. The first-order valence-electron chi connectivity index (χ1n) is 8.64. The predicted molar refractivity (Wildman–Crippen MR) is 91.7 cm³/mol. The smallest absolute Gasteiger partial charge is 0.234 e. The zero-order chi connectivity index (χ0) is 15.9. The number of nitrogens with zero attached hydrogens (tertiary/aromatic N) is 1. The summed E-state index contributed by atoms with van der Waals surface area (Å²) in [6.45, 7) is 5.71. The van der Waals surface area contributed by atoms with Crippen LogP contribution >= 0.6 is 0 Å². The minimum Gasteiger partial charge on any atom is -0.352 e. The third-order valence-electron chi connectivity index (χ3n) is 4.76. The molecule has 0 aromatic heterocycles. The molecule has 122 valence electrons. The minimum atomic E-state index is 0.159. The second-order valence-corrected chi connectivity index (χ2v) is 6.78. The Morgan fingerprint density at radius 2 is 1.82 bits per heavy atom. The Morgan fingerprint density at radius 3 is 2.45 bits per heavy atom. The van der Waals surface area contributed by atoms with Crippen LogP contribution < -0.4 is 5.32 Å². The molecular weight excluding hydrogens is 272 g/mol. The molecule has 2 rings (SSSR count). The molecule has 3 nitrogen and oxygen atoms in total. The van der Waals surface area contributed by atoms with E-state index in [0.717, 1.165) is 19.4 Å². The maximum Gasteiger partial charge on any atom is 0.234 e. The fourth-order valence-electron chi connectivity index (χ4n) is 3.28. The Kier molecular flexibility index (Phi) is 6.44. The van der Waals surface area contributed by atoms with Crippen molar-refractivity contribution in [3.63, 3.8) is 0 Å². The van der Waals surface area contributed by atoms with Gasteiger partial charge >= 0.3 is 0 Å². The average Bonchev–Trinajstić information content (AvgIpc) is 2.50. The molecule has 0 radical (unpaired) electrons. The van der Waals surface area contributed by atoms with Gasteiger partial charge in [0.2, 0.25) is 5.91 Å². The van der Waals surface area contributed by atoms with Crippen molar-refractivity contribution in [3.05, 3.63) is 35.4 Å². The standard InChI is InChI=1S/C19H30N2O/c1-4-16-9-11-17(12-10-16)13-21(3)14-19(22)20-18-8-6-5-7-15(18)2/h9-12,15,18H,4-8,13-14H2,1-3H3,(H,20,22)/t15-,18-/m0/s1. The van der Waals surface area contributed by atoms with E-state index in [0.29, 0.717) is 18.5 Å². The molecule has 0 unspecified atom stereocenters. The lowest BCUT2D eigenvalue weighted by atomic mass is 9.86. The summed E-state index contributed by atoms with van der Waals surface area (Å²) < 4.78 is 0. The van der Waals surface area contributed by atoms with Crippen LogP contribution in [0.25, 0.3) is 0 Å². The van der Waals surface area contributed by atoms with Crippen molar-refractivity contribution < 1.29 is 4.79 Å². The maximum absolute atomic E-state index is 12.2. The topological polar surface area (TPSA) is 32.3 Å². The van der Waals surface area contributed by atoms with E-state index in [4.69, 9.17) is 0 Å². The van der Waals surface area contributed by atoms with E-state index in [1.165, 1.54) is 30.4 Å².